The highest BCUT2D eigenvalue weighted by molar-refractivity contribution is 9.10. The molecule has 1 aliphatic heterocycles. The van der Waals surface area contributed by atoms with Crippen LogP contribution in [0.25, 0.3) is 0 Å². The number of hydrogen-bond acceptors (Lipinski definition) is 4. The zero-order valence-electron chi connectivity index (χ0n) is 18.7. The van der Waals surface area contributed by atoms with E-state index in [0.29, 0.717) is 17.0 Å². The highest BCUT2D eigenvalue weighted by Crippen LogP contribution is 2.31. The SMILES string of the molecule is COc1ccc([C@H]2NC(=O)N(C(C(=O)Nc3ccc(Br)cc3)[C@@H](C)c3ccccc3)C2=O)cc1. The number of ether oxygens (including phenoxy) is 1. The number of methoxy groups -OCH3 is 1. The molecule has 3 aromatic rings. The van der Waals surface area contributed by atoms with Crippen LogP contribution in [-0.4, -0.2) is 35.9 Å². The number of nitrogens with zero attached hydrogens (tertiary/aromatic N) is 1. The molecule has 0 saturated carbocycles. The number of imide groups is 1. The largest absolute Gasteiger partial charge is 0.497 e. The van der Waals surface area contributed by atoms with Crippen molar-refractivity contribution in [3.8, 4) is 5.75 Å². The molecule has 8 heteroatoms. The van der Waals surface area contributed by atoms with Gasteiger partial charge in [-0.05, 0) is 47.5 Å². The van der Waals surface area contributed by atoms with Crippen LogP contribution in [0.2, 0.25) is 0 Å². The third-order valence-corrected chi connectivity index (χ3v) is 6.41. The predicted molar refractivity (Wildman–Crippen MR) is 133 cm³/mol. The van der Waals surface area contributed by atoms with Crippen LogP contribution in [0.3, 0.4) is 0 Å². The van der Waals surface area contributed by atoms with Crippen molar-refractivity contribution in [3.05, 3.63) is 94.5 Å². The molecular weight excluding hydrogens is 498 g/mol. The van der Waals surface area contributed by atoms with Crippen LogP contribution in [0.1, 0.15) is 30.0 Å². The molecule has 1 saturated heterocycles. The molecule has 2 N–H and O–H groups in total. The number of urea groups is 1. The average Bonchev–Trinajstić information content (AvgIpc) is 3.15. The maximum atomic E-state index is 13.5. The Morgan fingerprint density at radius 2 is 1.65 bits per heavy atom. The smallest absolute Gasteiger partial charge is 0.325 e. The summed E-state index contributed by atoms with van der Waals surface area (Å²) in [5.74, 6) is -0.728. The van der Waals surface area contributed by atoms with E-state index in [1.54, 1.807) is 55.6 Å². The van der Waals surface area contributed by atoms with E-state index >= 15 is 0 Å². The Kier molecular flexibility index (Phi) is 6.98. The van der Waals surface area contributed by atoms with E-state index in [1.165, 1.54) is 0 Å². The van der Waals surface area contributed by atoms with E-state index in [-0.39, 0.29) is 0 Å². The monoisotopic (exact) mass is 521 g/mol. The molecule has 0 spiro atoms. The number of nitrogens with one attached hydrogen (secondary N) is 2. The second kappa shape index (κ2) is 10.1. The van der Waals surface area contributed by atoms with Crippen molar-refractivity contribution in [2.24, 2.45) is 0 Å². The first-order chi connectivity index (χ1) is 16.4. The average molecular weight is 522 g/mol. The lowest BCUT2D eigenvalue weighted by Crippen LogP contribution is -2.50. The standard InChI is InChI=1S/C26H24BrN3O4/c1-16(17-6-4-3-5-7-17)23(24(31)28-20-12-10-19(27)11-13-20)30-25(32)22(29-26(30)33)18-8-14-21(34-2)15-9-18/h3-16,22-23H,1-2H3,(H,28,31)(H,29,33)/t16-,22+,23?/m0/s1. The summed E-state index contributed by atoms with van der Waals surface area (Å²) in [6, 6.07) is 20.8. The number of rotatable bonds is 7. The lowest BCUT2D eigenvalue weighted by atomic mass is 9.91. The van der Waals surface area contributed by atoms with E-state index in [9.17, 15) is 14.4 Å². The first-order valence-corrected chi connectivity index (χ1v) is 11.6. The van der Waals surface area contributed by atoms with Crippen molar-refractivity contribution in [3.63, 3.8) is 0 Å². The molecule has 0 aromatic heterocycles. The molecule has 34 heavy (non-hydrogen) atoms. The normalized spacial score (nSPS) is 17.1. The minimum atomic E-state index is -1.05. The molecule has 0 radical (unpaired) electrons. The highest BCUT2D eigenvalue weighted by Gasteiger charge is 2.47. The molecule has 1 unspecified atom stereocenters. The molecule has 0 aliphatic carbocycles. The molecule has 0 bridgehead atoms. The van der Waals surface area contributed by atoms with Gasteiger partial charge in [0.25, 0.3) is 5.91 Å². The quantitative estimate of drug-likeness (QED) is 0.434. The van der Waals surface area contributed by atoms with Crippen LogP contribution in [0, 0.1) is 0 Å². The number of halogens is 1. The maximum absolute atomic E-state index is 13.5. The van der Waals surface area contributed by atoms with Crippen LogP contribution in [0.4, 0.5) is 10.5 Å². The van der Waals surface area contributed by atoms with Gasteiger partial charge in [-0.15, -0.1) is 0 Å². The molecule has 1 aliphatic rings. The van der Waals surface area contributed by atoms with Crippen LogP contribution in [0.15, 0.2) is 83.3 Å². The van der Waals surface area contributed by atoms with Crippen LogP contribution < -0.4 is 15.4 Å². The van der Waals surface area contributed by atoms with Crippen LogP contribution in [-0.2, 0) is 9.59 Å². The van der Waals surface area contributed by atoms with Gasteiger partial charge in [0.2, 0.25) is 5.91 Å². The zero-order valence-corrected chi connectivity index (χ0v) is 20.3. The summed E-state index contributed by atoms with van der Waals surface area (Å²) in [7, 11) is 1.55. The van der Waals surface area contributed by atoms with Gasteiger partial charge >= 0.3 is 6.03 Å². The second-order valence-electron chi connectivity index (χ2n) is 8.00. The first kappa shape index (κ1) is 23.5. The van der Waals surface area contributed by atoms with Crippen molar-refractivity contribution in [2.75, 3.05) is 12.4 Å². The lowest BCUT2D eigenvalue weighted by Gasteiger charge is -2.30. The molecule has 174 valence electrons. The summed E-state index contributed by atoms with van der Waals surface area (Å²) < 4.78 is 6.05. The van der Waals surface area contributed by atoms with Crippen molar-refractivity contribution in [1.82, 2.24) is 10.2 Å². The summed E-state index contributed by atoms with van der Waals surface area (Å²) in [4.78, 5) is 41.1. The molecule has 4 rings (SSSR count). The number of carbonyl (C=O) groups excluding carboxylic acids is 3. The summed E-state index contributed by atoms with van der Waals surface area (Å²) >= 11 is 3.38. The lowest BCUT2D eigenvalue weighted by molar-refractivity contribution is -0.134. The minimum Gasteiger partial charge on any atom is -0.497 e. The highest BCUT2D eigenvalue weighted by atomic mass is 79.9. The van der Waals surface area contributed by atoms with Crippen molar-refractivity contribution in [1.29, 1.82) is 0 Å². The summed E-state index contributed by atoms with van der Waals surface area (Å²) in [5, 5.41) is 5.59. The number of benzene rings is 3. The number of anilines is 1. The Labute approximate surface area is 206 Å². The molecule has 4 amide bonds. The van der Waals surface area contributed by atoms with Crippen molar-refractivity contribution in [2.45, 2.75) is 24.9 Å². The van der Waals surface area contributed by atoms with E-state index in [2.05, 4.69) is 26.6 Å². The van der Waals surface area contributed by atoms with Crippen LogP contribution in [0.5, 0.6) is 5.75 Å². The van der Waals surface area contributed by atoms with Gasteiger partial charge in [-0.3, -0.25) is 9.59 Å². The Balaban J connectivity index is 1.66. The fourth-order valence-electron chi connectivity index (χ4n) is 4.04. The van der Waals surface area contributed by atoms with Crippen LogP contribution >= 0.6 is 15.9 Å². The van der Waals surface area contributed by atoms with Crippen molar-refractivity contribution >= 4 is 39.5 Å². The number of hydrogen-bond donors (Lipinski definition) is 2. The second-order valence-corrected chi connectivity index (χ2v) is 8.92. The Morgan fingerprint density at radius 3 is 2.26 bits per heavy atom. The van der Waals surface area contributed by atoms with E-state index < -0.39 is 35.8 Å². The summed E-state index contributed by atoms with van der Waals surface area (Å²) in [6.45, 7) is 1.84. The minimum absolute atomic E-state index is 0.444. The van der Waals surface area contributed by atoms with E-state index in [0.717, 1.165) is 14.9 Å². The predicted octanol–water partition coefficient (Wildman–Crippen LogP) is 4.86. The van der Waals surface area contributed by atoms with Gasteiger partial charge in [-0.25, -0.2) is 9.69 Å². The topological polar surface area (TPSA) is 87.7 Å². The molecule has 1 fully saturated rings. The third-order valence-electron chi connectivity index (χ3n) is 5.88. The zero-order chi connectivity index (χ0) is 24.2. The van der Waals surface area contributed by atoms with Gasteiger partial charge in [0.15, 0.2) is 0 Å². The van der Waals surface area contributed by atoms with Gasteiger partial charge in [-0.2, -0.15) is 0 Å². The van der Waals surface area contributed by atoms with Gasteiger partial charge in [0.1, 0.15) is 17.8 Å². The maximum Gasteiger partial charge on any atom is 0.325 e. The fourth-order valence-corrected chi connectivity index (χ4v) is 4.30. The Morgan fingerprint density at radius 1 is 1.00 bits per heavy atom. The van der Waals surface area contributed by atoms with Crippen molar-refractivity contribution < 1.29 is 19.1 Å². The molecule has 3 aromatic carbocycles. The summed E-state index contributed by atoms with van der Waals surface area (Å²) in [5.41, 5.74) is 2.02. The Bertz CT molecular complexity index is 1180. The molecular formula is C26H24BrN3O4. The van der Waals surface area contributed by atoms with Gasteiger partial charge in [-0.1, -0.05) is 65.3 Å². The molecule has 1 heterocycles. The van der Waals surface area contributed by atoms with Gasteiger partial charge < -0.3 is 15.4 Å². The van der Waals surface area contributed by atoms with E-state index in [4.69, 9.17) is 4.74 Å². The first-order valence-electron chi connectivity index (χ1n) is 10.8. The Hall–Kier alpha value is -3.65. The number of amides is 4. The fraction of sp³-hybridized carbons (Fsp3) is 0.192. The summed E-state index contributed by atoms with van der Waals surface area (Å²) in [6.07, 6.45) is 0. The molecule has 7 nitrogen and oxygen atoms in total. The van der Waals surface area contributed by atoms with Gasteiger partial charge in [0.05, 0.1) is 7.11 Å². The van der Waals surface area contributed by atoms with Gasteiger partial charge in [0, 0.05) is 16.1 Å². The van der Waals surface area contributed by atoms with E-state index in [1.807, 2.05) is 37.3 Å². The number of carbonyl (C=O) groups is 3. The molecule has 3 atom stereocenters. The third kappa shape index (κ3) is 4.82.